The van der Waals surface area contributed by atoms with E-state index < -0.39 is 0 Å². The fourth-order valence-electron chi connectivity index (χ4n) is 2.84. The molecule has 142 valence electrons. The number of amides is 1. The summed E-state index contributed by atoms with van der Waals surface area (Å²) < 4.78 is 23.9. The van der Waals surface area contributed by atoms with Crippen molar-refractivity contribution < 1.29 is 18.7 Å². The van der Waals surface area contributed by atoms with Crippen molar-refractivity contribution >= 4 is 27.5 Å². The van der Waals surface area contributed by atoms with Crippen LogP contribution in [0.15, 0.2) is 24.3 Å². The van der Waals surface area contributed by atoms with Gasteiger partial charge in [0.05, 0.1) is 17.4 Å². The molecule has 3 aromatic rings. The zero-order valence-electron chi connectivity index (χ0n) is 15.6. The number of fused-ring (bicyclic) bond motifs is 1. The van der Waals surface area contributed by atoms with Crippen molar-refractivity contribution in [3.8, 4) is 5.88 Å². The highest BCUT2D eigenvalue weighted by Gasteiger charge is 2.23. The first-order valence-electron chi connectivity index (χ1n) is 8.27. The Hall–Kier alpha value is -2.58. The molecule has 6 nitrogen and oxygen atoms in total. The van der Waals surface area contributed by atoms with Gasteiger partial charge in [-0.2, -0.15) is 4.98 Å². The van der Waals surface area contributed by atoms with Crippen molar-refractivity contribution in [1.29, 1.82) is 0 Å². The van der Waals surface area contributed by atoms with Crippen LogP contribution in [0.2, 0.25) is 0 Å². The largest absolute Gasteiger partial charge is 0.480 e. The Morgan fingerprint density at radius 2 is 2.07 bits per heavy atom. The van der Waals surface area contributed by atoms with Gasteiger partial charge in [-0.05, 0) is 30.2 Å². The summed E-state index contributed by atoms with van der Waals surface area (Å²) in [5, 5.41) is 0.727. The first kappa shape index (κ1) is 19.2. The number of nitrogens with zero attached hydrogens (tertiary/aromatic N) is 3. The van der Waals surface area contributed by atoms with Gasteiger partial charge in [-0.15, -0.1) is 11.3 Å². The highest BCUT2D eigenvalue weighted by molar-refractivity contribution is 7.20. The Kier molecular flexibility index (Phi) is 5.67. The normalized spacial score (nSPS) is 11.0. The number of thiophene rings is 1. The average Bonchev–Trinajstić information content (AvgIpc) is 2.97. The SMILES string of the molecule is COCc1nc(OC)c2c(C)c(C(=O)N(C)Cc3cccc(F)c3)sc2n1. The van der Waals surface area contributed by atoms with Gasteiger partial charge in [0.2, 0.25) is 5.88 Å². The molecule has 2 aromatic heterocycles. The van der Waals surface area contributed by atoms with Crippen LogP contribution in [-0.2, 0) is 17.9 Å². The smallest absolute Gasteiger partial charge is 0.264 e. The molecule has 0 saturated carbocycles. The van der Waals surface area contributed by atoms with Crippen molar-refractivity contribution in [3.05, 3.63) is 51.9 Å². The molecule has 0 atom stereocenters. The second kappa shape index (κ2) is 7.98. The lowest BCUT2D eigenvalue weighted by atomic mass is 10.1. The summed E-state index contributed by atoms with van der Waals surface area (Å²) in [5.41, 5.74) is 1.50. The summed E-state index contributed by atoms with van der Waals surface area (Å²) in [5.74, 6) is 0.440. The van der Waals surface area contributed by atoms with E-state index in [2.05, 4.69) is 9.97 Å². The highest BCUT2D eigenvalue weighted by Crippen LogP contribution is 2.35. The Balaban J connectivity index is 1.95. The third-order valence-electron chi connectivity index (χ3n) is 4.12. The van der Waals surface area contributed by atoms with E-state index in [0.29, 0.717) is 28.0 Å². The molecular weight excluding hydrogens is 369 g/mol. The van der Waals surface area contributed by atoms with Crippen LogP contribution < -0.4 is 4.74 Å². The number of hydrogen-bond acceptors (Lipinski definition) is 6. The van der Waals surface area contributed by atoms with Crippen molar-refractivity contribution in [3.63, 3.8) is 0 Å². The third kappa shape index (κ3) is 3.91. The fourth-order valence-corrected chi connectivity index (χ4v) is 4.03. The number of benzene rings is 1. The molecular formula is C19H20FN3O3S. The van der Waals surface area contributed by atoms with Crippen molar-refractivity contribution in [1.82, 2.24) is 14.9 Å². The van der Waals surface area contributed by atoms with Gasteiger partial charge in [0.1, 0.15) is 17.3 Å². The van der Waals surface area contributed by atoms with Crippen LogP contribution in [0.1, 0.15) is 26.6 Å². The summed E-state index contributed by atoms with van der Waals surface area (Å²) in [4.78, 5) is 24.6. The summed E-state index contributed by atoms with van der Waals surface area (Å²) in [6.45, 7) is 2.41. The standard InChI is InChI=1S/C19H20FN3O3S/c1-11-15-17(26-4)21-14(10-25-3)22-18(15)27-16(11)19(24)23(2)9-12-6-5-7-13(20)8-12/h5-8H,9-10H2,1-4H3. The molecule has 0 fully saturated rings. The van der Waals surface area contributed by atoms with Crippen LogP contribution in [0.3, 0.4) is 0 Å². The third-order valence-corrected chi connectivity index (χ3v) is 5.29. The molecule has 8 heteroatoms. The molecule has 1 aromatic carbocycles. The number of rotatable bonds is 6. The van der Waals surface area contributed by atoms with Gasteiger partial charge in [0, 0.05) is 20.7 Å². The van der Waals surface area contributed by atoms with Crippen molar-refractivity contribution in [2.45, 2.75) is 20.1 Å². The monoisotopic (exact) mass is 389 g/mol. The summed E-state index contributed by atoms with van der Waals surface area (Å²) in [6, 6.07) is 6.22. The predicted octanol–water partition coefficient (Wildman–Crippen LogP) is 3.57. The molecule has 0 N–H and O–H groups in total. The first-order chi connectivity index (χ1) is 12.9. The van der Waals surface area contributed by atoms with E-state index in [0.717, 1.165) is 16.5 Å². The predicted molar refractivity (Wildman–Crippen MR) is 102 cm³/mol. The summed E-state index contributed by atoms with van der Waals surface area (Å²) in [6.07, 6.45) is 0. The van der Waals surface area contributed by atoms with Gasteiger partial charge in [-0.25, -0.2) is 9.37 Å². The molecule has 0 bridgehead atoms. The number of carbonyl (C=O) groups excluding carboxylic acids is 1. The Bertz CT molecular complexity index is 990. The average molecular weight is 389 g/mol. The van der Waals surface area contributed by atoms with Gasteiger partial charge >= 0.3 is 0 Å². The van der Waals surface area contributed by atoms with E-state index in [4.69, 9.17) is 9.47 Å². The van der Waals surface area contributed by atoms with Crippen LogP contribution >= 0.6 is 11.3 Å². The molecule has 27 heavy (non-hydrogen) atoms. The lowest BCUT2D eigenvalue weighted by Gasteiger charge is -2.17. The number of methoxy groups -OCH3 is 2. The number of hydrogen-bond donors (Lipinski definition) is 0. The van der Waals surface area contributed by atoms with Gasteiger partial charge in [0.25, 0.3) is 5.91 Å². The second-order valence-corrected chi connectivity index (χ2v) is 7.11. The zero-order valence-corrected chi connectivity index (χ0v) is 16.4. The number of aromatic nitrogens is 2. The topological polar surface area (TPSA) is 64.6 Å². The second-order valence-electron chi connectivity index (χ2n) is 6.11. The molecule has 0 saturated heterocycles. The number of halogens is 1. The van der Waals surface area contributed by atoms with Crippen LogP contribution in [-0.4, -0.2) is 42.0 Å². The van der Waals surface area contributed by atoms with E-state index in [1.165, 1.54) is 30.6 Å². The fraction of sp³-hybridized carbons (Fsp3) is 0.316. The van der Waals surface area contributed by atoms with E-state index in [-0.39, 0.29) is 18.3 Å². The summed E-state index contributed by atoms with van der Waals surface area (Å²) in [7, 11) is 4.79. The number of ether oxygens (including phenoxy) is 2. The van der Waals surface area contributed by atoms with E-state index >= 15 is 0 Å². The maximum Gasteiger partial charge on any atom is 0.264 e. The minimum absolute atomic E-state index is 0.157. The molecule has 0 radical (unpaired) electrons. The quantitative estimate of drug-likeness (QED) is 0.645. The Labute approximate surface area is 160 Å². The molecule has 3 rings (SSSR count). The molecule has 0 spiro atoms. The zero-order chi connectivity index (χ0) is 19.6. The van der Waals surface area contributed by atoms with E-state index in [1.54, 1.807) is 31.2 Å². The van der Waals surface area contributed by atoms with Crippen LogP contribution in [0.5, 0.6) is 5.88 Å². The van der Waals surface area contributed by atoms with Crippen LogP contribution in [0.4, 0.5) is 4.39 Å². The Morgan fingerprint density at radius 1 is 1.30 bits per heavy atom. The van der Waals surface area contributed by atoms with E-state index in [9.17, 15) is 9.18 Å². The molecule has 0 unspecified atom stereocenters. The minimum atomic E-state index is -0.322. The molecule has 0 aliphatic carbocycles. The van der Waals surface area contributed by atoms with Crippen LogP contribution in [0.25, 0.3) is 10.2 Å². The van der Waals surface area contributed by atoms with Crippen molar-refractivity contribution in [2.75, 3.05) is 21.3 Å². The van der Waals surface area contributed by atoms with Gasteiger partial charge in [-0.3, -0.25) is 4.79 Å². The molecule has 2 heterocycles. The van der Waals surface area contributed by atoms with Gasteiger partial charge in [-0.1, -0.05) is 12.1 Å². The van der Waals surface area contributed by atoms with Gasteiger partial charge in [0.15, 0.2) is 5.82 Å². The minimum Gasteiger partial charge on any atom is -0.480 e. The number of carbonyl (C=O) groups is 1. The van der Waals surface area contributed by atoms with E-state index in [1.807, 2.05) is 6.92 Å². The Morgan fingerprint density at radius 3 is 2.74 bits per heavy atom. The molecule has 0 aliphatic rings. The molecule has 0 aliphatic heterocycles. The maximum atomic E-state index is 13.4. The van der Waals surface area contributed by atoms with Crippen molar-refractivity contribution in [2.24, 2.45) is 0 Å². The van der Waals surface area contributed by atoms with Gasteiger partial charge < -0.3 is 14.4 Å². The lowest BCUT2D eigenvalue weighted by Crippen LogP contribution is -2.26. The molecule has 1 amide bonds. The summed E-state index contributed by atoms with van der Waals surface area (Å²) >= 11 is 1.29. The number of aryl methyl sites for hydroxylation is 1. The highest BCUT2D eigenvalue weighted by atomic mass is 32.1. The maximum absolute atomic E-state index is 13.4. The van der Waals surface area contributed by atoms with Crippen LogP contribution in [0, 0.1) is 12.7 Å². The lowest BCUT2D eigenvalue weighted by molar-refractivity contribution is 0.0789. The first-order valence-corrected chi connectivity index (χ1v) is 9.09.